The summed E-state index contributed by atoms with van der Waals surface area (Å²) in [5.74, 6) is -0.0811. The van der Waals surface area contributed by atoms with E-state index in [0.29, 0.717) is 5.13 Å². The molecule has 4 nitrogen and oxygen atoms in total. The van der Waals surface area contributed by atoms with Crippen LogP contribution in [0.25, 0.3) is 10.6 Å². The van der Waals surface area contributed by atoms with Crippen molar-refractivity contribution < 1.29 is 4.79 Å². The summed E-state index contributed by atoms with van der Waals surface area (Å²) in [5.41, 5.74) is 2.38. The van der Waals surface area contributed by atoms with E-state index in [4.69, 9.17) is 0 Å². The first-order valence-electron chi connectivity index (χ1n) is 6.58. The lowest BCUT2D eigenvalue weighted by Gasteiger charge is -1.97. The van der Waals surface area contributed by atoms with Gasteiger partial charge in [0.15, 0.2) is 0 Å². The van der Waals surface area contributed by atoms with Crippen LogP contribution in [0.5, 0.6) is 0 Å². The molecule has 0 saturated heterocycles. The first-order chi connectivity index (χ1) is 10.3. The average Bonchev–Trinajstić information content (AvgIpc) is 3.22. The Morgan fingerprint density at radius 1 is 1.24 bits per heavy atom. The largest absolute Gasteiger partial charge is 0.296 e. The summed E-state index contributed by atoms with van der Waals surface area (Å²) in [6.07, 6.45) is 3.41. The number of nitrogens with zero attached hydrogens (tertiary/aromatic N) is 2. The van der Waals surface area contributed by atoms with E-state index in [-0.39, 0.29) is 5.91 Å². The van der Waals surface area contributed by atoms with E-state index in [9.17, 15) is 4.79 Å². The van der Waals surface area contributed by atoms with Gasteiger partial charge in [-0.2, -0.15) is 11.3 Å². The number of hydrogen-bond acceptors (Lipinski definition) is 6. The molecule has 0 unspecified atom stereocenters. The summed E-state index contributed by atoms with van der Waals surface area (Å²) >= 11 is 4.62. The number of amides is 1. The molecular weight excluding hydrogens is 322 g/mol. The molecule has 0 radical (unpaired) electrons. The van der Waals surface area contributed by atoms with Gasteiger partial charge in [0.2, 0.25) is 5.13 Å². The molecule has 4 rings (SSSR count). The quantitative estimate of drug-likeness (QED) is 0.786. The van der Waals surface area contributed by atoms with E-state index in [1.165, 1.54) is 28.2 Å². The van der Waals surface area contributed by atoms with E-state index < -0.39 is 0 Å². The Labute approximate surface area is 133 Å². The lowest BCUT2D eigenvalue weighted by Crippen LogP contribution is -2.09. The Morgan fingerprint density at radius 3 is 3.00 bits per heavy atom. The number of thiophene rings is 2. The minimum absolute atomic E-state index is 0.0811. The number of carbonyl (C=O) groups excluding carboxylic acids is 1. The van der Waals surface area contributed by atoms with Crippen LogP contribution in [0.2, 0.25) is 0 Å². The molecule has 1 aliphatic rings. The number of aromatic nitrogens is 2. The number of carbonyl (C=O) groups is 1. The predicted octanol–water partition coefficient (Wildman–Crippen LogP) is 4.07. The zero-order valence-electron chi connectivity index (χ0n) is 11.0. The maximum atomic E-state index is 12.3. The fourth-order valence-electron chi connectivity index (χ4n) is 2.38. The van der Waals surface area contributed by atoms with E-state index >= 15 is 0 Å². The number of anilines is 1. The van der Waals surface area contributed by atoms with Crippen molar-refractivity contribution in [1.82, 2.24) is 10.2 Å². The summed E-state index contributed by atoms with van der Waals surface area (Å²) in [6, 6.07) is 4.02. The lowest BCUT2D eigenvalue weighted by molar-refractivity contribution is 0.103. The number of hydrogen-bond donors (Lipinski definition) is 1. The molecule has 106 valence electrons. The Morgan fingerprint density at radius 2 is 2.19 bits per heavy atom. The standard InChI is InChI=1S/C14H11N3OS3/c18-12(11-6-8-2-1-3-10(8)20-11)15-14-17-16-13(21-14)9-4-5-19-7-9/h4-7H,1-3H2,(H,15,17,18). The van der Waals surface area contributed by atoms with Crippen LogP contribution in [0, 0.1) is 0 Å². The van der Waals surface area contributed by atoms with Crippen molar-refractivity contribution in [3.05, 3.63) is 38.2 Å². The summed E-state index contributed by atoms with van der Waals surface area (Å²) in [7, 11) is 0. The van der Waals surface area contributed by atoms with Gasteiger partial charge in [-0.15, -0.1) is 21.5 Å². The molecule has 3 heterocycles. The van der Waals surface area contributed by atoms with E-state index in [2.05, 4.69) is 15.5 Å². The fraction of sp³-hybridized carbons (Fsp3) is 0.214. The van der Waals surface area contributed by atoms with Crippen molar-refractivity contribution in [2.75, 3.05) is 5.32 Å². The van der Waals surface area contributed by atoms with Gasteiger partial charge in [0.1, 0.15) is 5.01 Å². The van der Waals surface area contributed by atoms with Crippen molar-refractivity contribution >= 4 is 45.0 Å². The Hall–Kier alpha value is -1.57. The third kappa shape index (κ3) is 2.52. The molecule has 3 aromatic rings. The number of nitrogens with one attached hydrogen (secondary N) is 1. The van der Waals surface area contributed by atoms with Gasteiger partial charge in [0, 0.05) is 15.8 Å². The predicted molar refractivity (Wildman–Crippen MR) is 87.5 cm³/mol. The first-order valence-corrected chi connectivity index (χ1v) is 9.16. The smallest absolute Gasteiger partial charge is 0.267 e. The van der Waals surface area contributed by atoms with Crippen LogP contribution < -0.4 is 5.32 Å². The second-order valence-corrected chi connectivity index (χ2v) is 7.69. The van der Waals surface area contributed by atoms with Crippen molar-refractivity contribution in [3.63, 3.8) is 0 Å². The highest BCUT2D eigenvalue weighted by molar-refractivity contribution is 7.19. The maximum Gasteiger partial charge on any atom is 0.267 e. The van der Waals surface area contributed by atoms with E-state index in [1.54, 1.807) is 22.7 Å². The van der Waals surface area contributed by atoms with Crippen molar-refractivity contribution in [3.8, 4) is 10.6 Å². The molecule has 1 aliphatic carbocycles. The molecule has 1 amide bonds. The molecule has 1 N–H and O–H groups in total. The second-order valence-electron chi connectivity index (χ2n) is 4.79. The van der Waals surface area contributed by atoms with Crippen LogP contribution in [0.3, 0.4) is 0 Å². The zero-order valence-corrected chi connectivity index (χ0v) is 13.4. The van der Waals surface area contributed by atoms with Crippen LogP contribution in [-0.2, 0) is 12.8 Å². The highest BCUT2D eigenvalue weighted by Gasteiger charge is 2.19. The molecule has 7 heteroatoms. The van der Waals surface area contributed by atoms with Crippen LogP contribution >= 0.6 is 34.0 Å². The monoisotopic (exact) mass is 333 g/mol. The molecule has 0 bridgehead atoms. The third-order valence-corrected chi connectivity index (χ3v) is 6.19. The highest BCUT2D eigenvalue weighted by atomic mass is 32.1. The maximum absolute atomic E-state index is 12.3. The van der Waals surface area contributed by atoms with Gasteiger partial charge in [0.25, 0.3) is 5.91 Å². The van der Waals surface area contributed by atoms with Gasteiger partial charge in [-0.05, 0) is 42.3 Å². The molecular formula is C14H11N3OS3. The van der Waals surface area contributed by atoms with Crippen LogP contribution in [0.15, 0.2) is 22.9 Å². The van der Waals surface area contributed by atoms with Crippen molar-refractivity contribution in [2.24, 2.45) is 0 Å². The summed E-state index contributed by atoms with van der Waals surface area (Å²) in [5, 5.41) is 16.4. The molecule has 3 aromatic heterocycles. The van der Waals surface area contributed by atoms with E-state index in [0.717, 1.165) is 28.3 Å². The third-order valence-electron chi connectivity index (χ3n) is 3.38. The zero-order chi connectivity index (χ0) is 14.2. The Balaban J connectivity index is 1.51. The molecule has 0 spiro atoms. The van der Waals surface area contributed by atoms with Crippen molar-refractivity contribution in [2.45, 2.75) is 19.3 Å². The minimum Gasteiger partial charge on any atom is -0.296 e. The number of fused-ring (bicyclic) bond motifs is 1. The van der Waals surface area contributed by atoms with Crippen molar-refractivity contribution in [1.29, 1.82) is 0 Å². The van der Waals surface area contributed by atoms with Gasteiger partial charge in [-0.3, -0.25) is 10.1 Å². The normalized spacial score (nSPS) is 13.3. The molecule has 21 heavy (non-hydrogen) atoms. The second kappa shape index (κ2) is 5.32. The van der Waals surface area contributed by atoms with Crippen LogP contribution in [0.4, 0.5) is 5.13 Å². The summed E-state index contributed by atoms with van der Waals surface area (Å²) in [4.78, 5) is 14.4. The minimum atomic E-state index is -0.0811. The summed E-state index contributed by atoms with van der Waals surface area (Å²) < 4.78 is 0. The van der Waals surface area contributed by atoms with E-state index in [1.807, 2.05) is 22.9 Å². The summed E-state index contributed by atoms with van der Waals surface area (Å²) in [6.45, 7) is 0. The van der Waals surface area contributed by atoms with Gasteiger partial charge in [-0.25, -0.2) is 0 Å². The highest BCUT2D eigenvalue weighted by Crippen LogP contribution is 2.32. The first kappa shape index (κ1) is 13.1. The van der Waals surface area contributed by atoms with Gasteiger partial charge in [-0.1, -0.05) is 11.3 Å². The fourth-order valence-corrected chi connectivity index (χ4v) is 4.98. The van der Waals surface area contributed by atoms with Gasteiger partial charge >= 0.3 is 0 Å². The average molecular weight is 333 g/mol. The van der Waals surface area contributed by atoms with Crippen LogP contribution in [-0.4, -0.2) is 16.1 Å². The molecule has 0 saturated carbocycles. The molecule has 0 atom stereocenters. The van der Waals surface area contributed by atoms with Gasteiger partial charge < -0.3 is 0 Å². The molecule has 0 fully saturated rings. The Kier molecular flexibility index (Phi) is 3.33. The Bertz CT molecular complexity index is 767. The lowest BCUT2D eigenvalue weighted by atomic mass is 10.2. The number of aryl methyl sites for hydroxylation is 2. The molecule has 0 aliphatic heterocycles. The van der Waals surface area contributed by atoms with Crippen LogP contribution in [0.1, 0.15) is 26.5 Å². The molecule has 0 aromatic carbocycles. The topological polar surface area (TPSA) is 54.9 Å². The number of rotatable bonds is 3. The SMILES string of the molecule is O=C(Nc1nnc(-c2ccsc2)s1)c1cc2c(s1)CCC2. The van der Waals surface area contributed by atoms with Gasteiger partial charge in [0.05, 0.1) is 4.88 Å².